The highest BCUT2D eigenvalue weighted by molar-refractivity contribution is 7.09. The smallest absolute Gasteiger partial charge is 0.249 e. The molecule has 2 heterocycles. The second-order valence-corrected chi connectivity index (χ2v) is 7.61. The fourth-order valence-corrected chi connectivity index (χ4v) is 3.65. The van der Waals surface area contributed by atoms with Crippen LogP contribution in [0.15, 0.2) is 83.5 Å². The van der Waals surface area contributed by atoms with Gasteiger partial charge in [0.1, 0.15) is 18.9 Å². The number of nitrogens with zero attached hydrogens (tertiary/aromatic N) is 7. The van der Waals surface area contributed by atoms with Gasteiger partial charge in [-0.15, -0.1) is 10.2 Å². The maximum absolute atomic E-state index is 4.44. The highest BCUT2D eigenvalue weighted by Crippen LogP contribution is 2.26. The zero-order valence-corrected chi connectivity index (χ0v) is 17.9. The molecule has 0 unspecified atom stereocenters. The van der Waals surface area contributed by atoms with Gasteiger partial charge in [0.25, 0.3) is 0 Å². The molecule has 0 radical (unpaired) electrons. The molecule has 8 heteroatoms. The summed E-state index contributed by atoms with van der Waals surface area (Å²) < 4.78 is 8.60. The fraction of sp³-hybridized carbons (Fsp3) is 0.227. The molecule has 0 amide bonds. The standard InChI is InChI=1S/C22H24N7S/c1-3-29(16-15-28-14-13-27(2)17-28)20-11-9-19(10-12-20)24-25-22-23-21(26-30-22)18-7-5-4-6-8-18/h4-14,17H,3,15-16H2,1-2H3/q+1. The van der Waals surface area contributed by atoms with Crippen molar-refractivity contribution in [2.24, 2.45) is 17.3 Å². The zero-order chi connectivity index (χ0) is 20.8. The van der Waals surface area contributed by atoms with Crippen molar-refractivity contribution < 1.29 is 4.57 Å². The van der Waals surface area contributed by atoms with Crippen LogP contribution in [0.2, 0.25) is 0 Å². The molecule has 2 aromatic heterocycles. The number of rotatable bonds is 8. The lowest BCUT2D eigenvalue weighted by Crippen LogP contribution is -2.28. The third-order valence-corrected chi connectivity index (χ3v) is 5.35. The first kappa shape index (κ1) is 19.9. The summed E-state index contributed by atoms with van der Waals surface area (Å²) in [5, 5.41) is 9.11. The number of imidazole rings is 1. The van der Waals surface area contributed by atoms with Crippen molar-refractivity contribution in [3.05, 3.63) is 73.3 Å². The highest BCUT2D eigenvalue weighted by atomic mass is 32.1. The lowest BCUT2D eigenvalue weighted by atomic mass is 10.2. The van der Waals surface area contributed by atoms with Crippen LogP contribution < -0.4 is 9.47 Å². The quantitative estimate of drug-likeness (QED) is 0.306. The molecule has 4 rings (SSSR count). The van der Waals surface area contributed by atoms with Crippen LogP contribution in [0.5, 0.6) is 0 Å². The number of benzene rings is 2. The SMILES string of the molecule is CCN(CCn1cc[n+](C)c1)c1ccc(N=Nc2nc(-c3ccccc3)ns2)cc1. The van der Waals surface area contributed by atoms with Crippen LogP contribution in [-0.4, -0.2) is 27.0 Å². The van der Waals surface area contributed by atoms with Crippen LogP contribution in [-0.2, 0) is 13.6 Å². The maximum atomic E-state index is 4.44. The van der Waals surface area contributed by atoms with E-state index in [1.54, 1.807) is 0 Å². The Bertz CT molecular complexity index is 1100. The molecule has 0 fully saturated rings. The second kappa shape index (κ2) is 9.41. The number of likely N-dealkylation sites (N-methyl/N-ethyl adjacent to an activating group) is 1. The first-order valence-corrected chi connectivity index (χ1v) is 10.7. The van der Waals surface area contributed by atoms with Crippen LogP contribution in [0, 0.1) is 0 Å². The van der Waals surface area contributed by atoms with Gasteiger partial charge in [-0.2, -0.15) is 9.36 Å². The Morgan fingerprint density at radius 2 is 1.87 bits per heavy atom. The number of aromatic nitrogens is 4. The number of aryl methyl sites for hydroxylation is 1. The molecule has 0 aliphatic heterocycles. The minimum Gasteiger partial charge on any atom is -0.368 e. The Hall–Kier alpha value is -3.39. The topological polar surface area (TPSA) is 62.5 Å². The van der Waals surface area contributed by atoms with Gasteiger partial charge < -0.3 is 4.90 Å². The fourth-order valence-electron chi connectivity index (χ4n) is 3.13. The number of anilines is 1. The van der Waals surface area contributed by atoms with E-state index >= 15 is 0 Å². The molecule has 0 saturated carbocycles. The van der Waals surface area contributed by atoms with Crippen LogP contribution in [0.25, 0.3) is 11.4 Å². The first-order valence-electron chi connectivity index (χ1n) is 9.88. The number of hydrogen-bond acceptors (Lipinski definition) is 6. The molecule has 0 aliphatic carbocycles. The van der Waals surface area contributed by atoms with E-state index in [0.717, 1.165) is 30.9 Å². The summed E-state index contributed by atoms with van der Waals surface area (Å²) in [4.78, 5) is 6.79. The van der Waals surface area contributed by atoms with Crippen molar-refractivity contribution in [1.82, 2.24) is 13.9 Å². The molecule has 0 saturated heterocycles. The predicted molar refractivity (Wildman–Crippen MR) is 119 cm³/mol. The van der Waals surface area contributed by atoms with Gasteiger partial charge in [0.2, 0.25) is 11.5 Å². The predicted octanol–water partition coefficient (Wildman–Crippen LogP) is 4.77. The van der Waals surface area contributed by atoms with Crippen molar-refractivity contribution in [2.45, 2.75) is 13.5 Å². The molecule has 0 bridgehead atoms. The van der Waals surface area contributed by atoms with Crippen molar-refractivity contribution >= 4 is 28.0 Å². The third-order valence-electron chi connectivity index (χ3n) is 4.75. The molecular weight excluding hydrogens is 394 g/mol. The van der Waals surface area contributed by atoms with E-state index in [2.05, 4.69) is 71.4 Å². The van der Waals surface area contributed by atoms with Crippen molar-refractivity contribution in [3.63, 3.8) is 0 Å². The first-order chi connectivity index (χ1) is 14.7. The van der Waals surface area contributed by atoms with E-state index in [1.807, 2.05) is 49.5 Å². The molecule has 0 atom stereocenters. The van der Waals surface area contributed by atoms with E-state index in [-0.39, 0.29) is 0 Å². The van der Waals surface area contributed by atoms with Crippen LogP contribution >= 0.6 is 11.5 Å². The summed E-state index contributed by atoms with van der Waals surface area (Å²) in [6, 6.07) is 18.0. The van der Waals surface area contributed by atoms with Crippen molar-refractivity contribution in [1.29, 1.82) is 0 Å². The monoisotopic (exact) mass is 418 g/mol. The molecule has 4 aromatic rings. The van der Waals surface area contributed by atoms with Gasteiger partial charge in [-0.05, 0) is 31.2 Å². The molecule has 152 valence electrons. The van der Waals surface area contributed by atoms with E-state index in [9.17, 15) is 0 Å². The van der Waals surface area contributed by atoms with Crippen molar-refractivity contribution in [3.8, 4) is 11.4 Å². The summed E-state index contributed by atoms with van der Waals surface area (Å²) in [6.45, 7) is 5.00. The Balaban J connectivity index is 1.38. The summed E-state index contributed by atoms with van der Waals surface area (Å²) in [5.74, 6) is 0.680. The minimum atomic E-state index is 0.549. The molecular formula is C22H24N7S+. The summed E-state index contributed by atoms with van der Waals surface area (Å²) in [7, 11) is 2.03. The average Bonchev–Trinajstić information content (AvgIpc) is 3.43. The van der Waals surface area contributed by atoms with E-state index in [0.29, 0.717) is 11.0 Å². The lowest BCUT2D eigenvalue weighted by molar-refractivity contribution is -0.671. The van der Waals surface area contributed by atoms with Crippen LogP contribution in [0.4, 0.5) is 16.5 Å². The minimum absolute atomic E-state index is 0.549. The average molecular weight is 419 g/mol. The largest absolute Gasteiger partial charge is 0.368 e. The van der Waals surface area contributed by atoms with E-state index in [4.69, 9.17) is 0 Å². The third kappa shape index (κ3) is 4.96. The van der Waals surface area contributed by atoms with Gasteiger partial charge in [0, 0.05) is 29.3 Å². The Morgan fingerprint density at radius 1 is 1.07 bits per heavy atom. The second-order valence-electron chi connectivity index (χ2n) is 6.88. The molecule has 0 aliphatic rings. The van der Waals surface area contributed by atoms with Crippen LogP contribution in [0.1, 0.15) is 6.92 Å². The molecule has 2 aromatic carbocycles. The Kier molecular flexibility index (Phi) is 6.24. The van der Waals surface area contributed by atoms with Crippen LogP contribution in [0.3, 0.4) is 0 Å². The molecule has 30 heavy (non-hydrogen) atoms. The lowest BCUT2D eigenvalue weighted by Gasteiger charge is -2.22. The van der Waals surface area contributed by atoms with Gasteiger partial charge in [-0.25, -0.2) is 9.13 Å². The number of hydrogen-bond donors (Lipinski definition) is 0. The summed E-state index contributed by atoms with van der Waals surface area (Å²) in [6.07, 6.45) is 6.23. The molecule has 0 N–H and O–H groups in total. The molecule has 7 nitrogen and oxygen atoms in total. The number of azo groups is 1. The Morgan fingerprint density at radius 3 is 2.57 bits per heavy atom. The van der Waals surface area contributed by atoms with E-state index < -0.39 is 0 Å². The maximum Gasteiger partial charge on any atom is 0.249 e. The van der Waals surface area contributed by atoms with Gasteiger partial charge in [0.05, 0.1) is 19.3 Å². The zero-order valence-electron chi connectivity index (χ0n) is 17.1. The molecule has 0 spiro atoms. The van der Waals surface area contributed by atoms with Gasteiger partial charge >= 0.3 is 0 Å². The highest BCUT2D eigenvalue weighted by Gasteiger charge is 2.08. The van der Waals surface area contributed by atoms with E-state index in [1.165, 1.54) is 17.2 Å². The summed E-state index contributed by atoms with van der Waals surface area (Å²) >= 11 is 1.25. The van der Waals surface area contributed by atoms with Gasteiger partial charge in [0.15, 0.2) is 5.82 Å². The normalized spacial score (nSPS) is 11.3. The summed E-state index contributed by atoms with van der Waals surface area (Å²) in [5.41, 5.74) is 2.95. The van der Waals surface area contributed by atoms with Crippen molar-refractivity contribution in [2.75, 3.05) is 18.0 Å². The van der Waals surface area contributed by atoms with Gasteiger partial charge in [-0.3, -0.25) is 0 Å². The Labute approximate surface area is 180 Å². The van der Waals surface area contributed by atoms with Gasteiger partial charge in [-0.1, -0.05) is 30.3 Å².